The standard InChI is InChI=1S/C18H16ClFN2O2/c19-15-7-6-13(18(24)22-8-1-2-9-22)11-16(15)21-17(23)12-4-3-5-14(20)10-12/h3-7,10-11H,1-2,8-9H2,(H,21,23). The molecule has 1 saturated heterocycles. The number of carbonyl (C=O) groups excluding carboxylic acids is 2. The Kier molecular flexibility index (Phi) is 4.81. The van der Waals surface area contributed by atoms with Crippen molar-refractivity contribution in [1.82, 2.24) is 4.90 Å². The quantitative estimate of drug-likeness (QED) is 0.914. The lowest BCUT2D eigenvalue weighted by atomic mass is 10.1. The maximum absolute atomic E-state index is 13.2. The molecule has 1 N–H and O–H groups in total. The fourth-order valence-electron chi connectivity index (χ4n) is 2.68. The van der Waals surface area contributed by atoms with E-state index in [2.05, 4.69) is 5.32 Å². The van der Waals surface area contributed by atoms with Gasteiger partial charge in [-0.25, -0.2) is 4.39 Å². The molecule has 1 aliphatic rings. The largest absolute Gasteiger partial charge is 0.339 e. The van der Waals surface area contributed by atoms with Crippen molar-refractivity contribution in [2.75, 3.05) is 18.4 Å². The number of carbonyl (C=O) groups is 2. The topological polar surface area (TPSA) is 49.4 Å². The number of hydrogen-bond acceptors (Lipinski definition) is 2. The Morgan fingerprint density at radius 1 is 1.04 bits per heavy atom. The first-order valence-corrected chi connectivity index (χ1v) is 8.08. The molecule has 1 aliphatic heterocycles. The van der Waals surface area contributed by atoms with Gasteiger partial charge >= 0.3 is 0 Å². The van der Waals surface area contributed by atoms with E-state index in [4.69, 9.17) is 11.6 Å². The first-order valence-electron chi connectivity index (χ1n) is 7.70. The van der Waals surface area contributed by atoms with E-state index in [9.17, 15) is 14.0 Å². The van der Waals surface area contributed by atoms with Gasteiger partial charge in [-0.3, -0.25) is 9.59 Å². The summed E-state index contributed by atoms with van der Waals surface area (Å²) in [5.41, 5.74) is 0.981. The molecular formula is C18H16ClFN2O2. The molecule has 0 saturated carbocycles. The number of nitrogens with zero attached hydrogens (tertiary/aromatic N) is 1. The van der Waals surface area contributed by atoms with Gasteiger partial charge in [0.15, 0.2) is 0 Å². The highest BCUT2D eigenvalue weighted by Crippen LogP contribution is 2.25. The summed E-state index contributed by atoms with van der Waals surface area (Å²) in [5.74, 6) is -1.06. The summed E-state index contributed by atoms with van der Waals surface area (Å²) < 4.78 is 13.2. The highest BCUT2D eigenvalue weighted by atomic mass is 35.5. The van der Waals surface area contributed by atoms with Crippen LogP contribution in [0.1, 0.15) is 33.6 Å². The van der Waals surface area contributed by atoms with E-state index in [1.54, 1.807) is 23.1 Å². The Morgan fingerprint density at radius 2 is 1.79 bits per heavy atom. The van der Waals surface area contributed by atoms with Crippen molar-refractivity contribution < 1.29 is 14.0 Å². The van der Waals surface area contributed by atoms with E-state index >= 15 is 0 Å². The van der Waals surface area contributed by atoms with Crippen LogP contribution in [0.5, 0.6) is 0 Å². The van der Waals surface area contributed by atoms with Gasteiger partial charge in [-0.1, -0.05) is 17.7 Å². The predicted octanol–water partition coefficient (Wildman–Crippen LogP) is 3.97. The number of nitrogens with one attached hydrogen (secondary N) is 1. The van der Waals surface area contributed by atoms with Crippen LogP contribution in [0.15, 0.2) is 42.5 Å². The molecule has 1 heterocycles. The number of rotatable bonds is 3. The summed E-state index contributed by atoms with van der Waals surface area (Å²) in [6, 6.07) is 10.1. The molecule has 0 bridgehead atoms. The Labute approximate surface area is 144 Å². The number of anilines is 1. The average molecular weight is 347 g/mol. The summed E-state index contributed by atoms with van der Waals surface area (Å²) >= 11 is 6.11. The normalized spacial score (nSPS) is 13.8. The van der Waals surface area contributed by atoms with Gasteiger partial charge in [0.2, 0.25) is 0 Å². The van der Waals surface area contributed by atoms with Gasteiger partial charge in [0.1, 0.15) is 5.82 Å². The molecule has 124 valence electrons. The van der Waals surface area contributed by atoms with Crippen molar-refractivity contribution in [2.24, 2.45) is 0 Å². The molecule has 0 radical (unpaired) electrons. The lowest BCUT2D eigenvalue weighted by Gasteiger charge is -2.16. The number of amides is 2. The minimum atomic E-state index is -0.494. The van der Waals surface area contributed by atoms with Crippen molar-refractivity contribution >= 4 is 29.1 Å². The fraction of sp³-hybridized carbons (Fsp3) is 0.222. The van der Waals surface area contributed by atoms with Crippen LogP contribution in [-0.2, 0) is 0 Å². The van der Waals surface area contributed by atoms with Gasteiger partial charge in [-0.15, -0.1) is 0 Å². The molecule has 0 aromatic heterocycles. The molecule has 24 heavy (non-hydrogen) atoms. The summed E-state index contributed by atoms with van der Waals surface area (Å²) in [7, 11) is 0. The second kappa shape index (κ2) is 7.01. The van der Waals surface area contributed by atoms with Crippen molar-refractivity contribution in [3.8, 4) is 0 Å². The number of hydrogen-bond donors (Lipinski definition) is 1. The van der Waals surface area contributed by atoms with E-state index in [-0.39, 0.29) is 11.5 Å². The van der Waals surface area contributed by atoms with Gasteiger partial charge in [0.25, 0.3) is 11.8 Å². The van der Waals surface area contributed by atoms with Crippen LogP contribution in [0.25, 0.3) is 0 Å². The molecule has 1 fully saturated rings. The lowest BCUT2D eigenvalue weighted by Crippen LogP contribution is -2.27. The minimum absolute atomic E-state index is 0.0783. The molecule has 0 unspecified atom stereocenters. The molecular weight excluding hydrogens is 331 g/mol. The summed E-state index contributed by atoms with van der Waals surface area (Å²) in [4.78, 5) is 26.4. The third-order valence-corrected chi connectivity index (χ3v) is 4.27. The zero-order valence-electron chi connectivity index (χ0n) is 12.9. The summed E-state index contributed by atoms with van der Waals surface area (Å²) in [6.45, 7) is 1.49. The van der Waals surface area contributed by atoms with Gasteiger partial charge in [-0.05, 0) is 49.2 Å². The van der Waals surface area contributed by atoms with Crippen LogP contribution in [0.2, 0.25) is 5.02 Å². The molecule has 0 spiro atoms. The van der Waals surface area contributed by atoms with E-state index in [0.29, 0.717) is 16.3 Å². The zero-order chi connectivity index (χ0) is 17.1. The lowest BCUT2D eigenvalue weighted by molar-refractivity contribution is 0.0792. The van der Waals surface area contributed by atoms with Gasteiger partial charge in [-0.2, -0.15) is 0 Å². The van der Waals surface area contributed by atoms with E-state index in [0.717, 1.165) is 32.0 Å². The zero-order valence-corrected chi connectivity index (χ0v) is 13.6. The Balaban J connectivity index is 1.81. The average Bonchev–Trinajstić information content (AvgIpc) is 3.10. The number of likely N-dealkylation sites (tertiary alicyclic amines) is 1. The van der Waals surface area contributed by atoms with E-state index in [1.807, 2.05) is 0 Å². The summed E-state index contributed by atoms with van der Waals surface area (Å²) in [5, 5.41) is 2.95. The van der Waals surface area contributed by atoms with Gasteiger partial charge in [0, 0.05) is 24.2 Å². The van der Waals surface area contributed by atoms with Crippen molar-refractivity contribution in [1.29, 1.82) is 0 Å². The second-order valence-electron chi connectivity index (χ2n) is 5.66. The third-order valence-electron chi connectivity index (χ3n) is 3.94. The number of benzene rings is 2. The second-order valence-corrected chi connectivity index (χ2v) is 6.07. The predicted molar refractivity (Wildman–Crippen MR) is 90.9 cm³/mol. The SMILES string of the molecule is O=C(Nc1cc(C(=O)N2CCCC2)ccc1Cl)c1cccc(F)c1. The molecule has 2 aromatic carbocycles. The van der Waals surface area contributed by atoms with Crippen LogP contribution >= 0.6 is 11.6 Å². The Bertz CT molecular complexity index is 788. The molecule has 0 aliphatic carbocycles. The van der Waals surface area contributed by atoms with Gasteiger partial charge in [0.05, 0.1) is 10.7 Å². The Morgan fingerprint density at radius 3 is 2.50 bits per heavy atom. The smallest absolute Gasteiger partial charge is 0.255 e. The van der Waals surface area contributed by atoms with Crippen molar-refractivity contribution in [3.63, 3.8) is 0 Å². The maximum atomic E-state index is 13.2. The van der Waals surface area contributed by atoms with Crippen LogP contribution in [0, 0.1) is 5.82 Å². The molecule has 2 aromatic rings. The highest BCUT2D eigenvalue weighted by molar-refractivity contribution is 6.34. The number of halogens is 2. The molecule has 0 atom stereocenters. The Hall–Kier alpha value is -2.40. The van der Waals surface area contributed by atoms with Crippen LogP contribution < -0.4 is 5.32 Å². The maximum Gasteiger partial charge on any atom is 0.255 e. The van der Waals surface area contributed by atoms with Crippen LogP contribution in [0.4, 0.5) is 10.1 Å². The van der Waals surface area contributed by atoms with Gasteiger partial charge < -0.3 is 10.2 Å². The molecule has 3 rings (SSSR count). The first kappa shape index (κ1) is 16.5. The minimum Gasteiger partial charge on any atom is -0.339 e. The van der Waals surface area contributed by atoms with Crippen molar-refractivity contribution in [3.05, 3.63) is 64.4 Å². The highest BCUT2D eigenvalue weighted by Gasteiger charge is 2.20. The van der Waals surface area contributed by atoms with E-state index in [1.165, 1.54) is 18.2 Å². The first-order chi connectivity index (χ1) is 11.5. The monoisotopic (exact) mass is 346 g/mol. The molecule has 4 nitrogen and oxygen atoms in total. The molecule has 6 heteroatoms. The van der Waals surface area contributed by atoms with Crippen molar-refractivity contribution in [2.45, 2.75) is 12.8 Å². The fourth-order valence-corrected chi connectivity index (χ4v) is 2.85. The summed E-state index contributed by atoms with van der Waals surface area (Å²) in [6.07, 6.45) is 2.00. The van der Waals surface area contributed by atoms with Crippen LogP contribution in [0.3, 0.4) is 0 Å². The molecule has 2 amide bonds. The van der Waals surface area contributed by atoms with Crippen LogP contribution in [-0.4, -0.2) is 29.8 Å². The third kappa shape index (κ3) is 3.57. The van der Waals surface area contributed by atoms with E-state index < -0.39 is 11.7 Å².